The van der Waals surface area contributed by atoms with Gasteiger partial charge in [-0.15, -0.1) is 0 Å². The smallest absolute Gasteiger partial charge is 0.335 e. The maximum atomic E-state index is 13.6. The van der Waals surface area contributed by atoms with Gasteiger partial charge < -0.3 is 16.5 Å². The molecule has 4 N–H and O–H groups in total. The summed E-state index contributed by atoms with van der Waals surface area (Å²) in [5, 5.41) is 20.5. The van der Waals surface area contributed by atoms with E-state index in [1.54, 1.807) is 56.5 Å². The summed E-state index contributed by atoms with van der Waals surface area (Å²) in [5.74, 6) is 0. The van der Waals surface area contributed by atoms with E-state index < -0.39 is 16.8 Å². The quantitative estimate of drug-likeness (QED) is 0.546. The van der Waals surface area contributed by atoms with Crippen molar-refractivity contribution < 1.29 is 0 Å². The molecule has 1 aromatic carbocycles. The van der Waals surface area contributed by atoms with Crippen LogP contribution < -0.4 is 22.3 Å². The number of benzene rings is 1. The molecule has 176 valence electrons. The Labute approximate surface area is 198 Å². The Morgan fingerprint density at radius 1 is 1.26 bits per heavy atom. The highest BCUT2D eigenvalue weighted by atomic mass is 16.2. The fourth-order valence-corrected chi connectivity index (χ4v) is 4.01. The van der Waals surface area contributed by atoms with Crippen molar-refractivity contribution in [3.05, 3.63) is 85.7 Å². The molecule has 2 aromatic rings. The Kier molecular flexibility index (Phi) is 7.18. The number of aromatic nitrogens is 2. The molecule has 0 spiro atoms. The molecule has 8 nitrogen and oxygen atoms in total. The molecule has 0 unspecified atom stereocenters. The van der Waals surface area contributed by atoms with Gasteiger partial charge in [-0.2, -0.15) is 5.26 Å². The fraction of sp³-hybridized carbons (Fsp3) is 0.308. The van der Waals surface area contributed by atoms with Crippen LogP contribution in [-0.4, -0.2) is 20.9 Å². The molecule has 8 heteroatoms. The van der Waals surface area contributed by atoms with E-state index in [1.807, 2.05) is 18.2 Å². The average Bonchev–Trinajstić information content (AvgIpc) is 2.80. The number of nitrogens with two attached hydrogens (primary N) is 1. The molecule has 34 heavy (non-hydrogen) atoms. The van der Waals surface area contributed by atoms with Gasteiger partial charge in [-0.05, 0) is 70.9 Å². The second-order valence-electron chi connectivity index (χ2n) is 8.71. The summed E-state index contributed by atoms with van der Waals surface area (Å²) in [6.45, 7) is 7.18. The molecular formula is C26H30N6O2. The molecule has 0 atom stereocenters. The highest BCUT2D eigenvalue weighted by molar-refractivity contribution is 5.96. The topological polar surface area (TPSA) is 130 Å². The number of allylic oxidation sites excluding steroid dienone is 4. The van der Waals surface area contributed by atoms with Gasteiger partial charge in [-0.3, -0.25) is 13.9 Å². The van der Waals surface area contributed by atoms with E-state index in [1.165, 1.54) is 4.57 Å². The lowest BCUT2D eigenvalue weighted by molar-refractivity contribution is 0.630. The second kappa shape index (κ2) is 9.89. The van der Waals surface area contributed by atoms with Crippen LogP contribution in [0.25, 0.3) is 11.4 Å². The number of anilines is 1. The van der Waals surface area contributed by atoms with Gasteiger partial charge in [0.2, 0.25) is 0 Å². The van der Waals surface area contributed by atoms with E-state index in [4.69, 9.17) is 16.4 Å². The zero-order chi connectivity index (χ0) is 25.0. The van der Waals surface area contributed by atoms with Crippen LogP contribution in [0.4, 0.5) is 5.69 Å². The molecule has 0 amide bonds. The molecular weight excluding hydrogens is 428 g/mol. The third-order valence-electron chi connectivity index (χ3n) is 5.77. The van der Waals surface area contributed by atoms with Crippen LogP contribution in [0.15, 0.2) is 57.7 Å². The summed E-state index contributed by atoms with van der Waals surface area (Å²) in [7, 11) is 0. The van der Waals surface area contributed by atoms with Crippen LogP contribution >= 0.6 is 0 Å². The highest BCUT2D eigenvalue weighted by Crippen LogP contribution is 2.27. The lowest BCUT2D eigenvalue weighted by atomic mass is 9.91. The standard InChI is InChI=1S/C26H30N6O2/c1-5-31-24(33)22(17(2)32(25(31)34)20-9-7-6-8-10-20)23(21(16-28)26(3,4)29)30-19-13-11-18(15-27)12-14-19/h7,9-14,16,28,30H,5-6,8,29H2,1-4H3/b23-21+,28-16?. The van der Waals surface area contributed by atoms with Gasteiger partial charge in [0.25, 0.3) is 5.56 Å². The van der Waals surface area contributed by atoms with Crippen LogP contribution in [-0.2, 0) is 6.54 Å². The monoisotopic (exact) mass is 458 g/mol. The first kappa shape index (κ1) is 24.7. The van der Waals surface area contributed by atoms with Gasteiger partial charge in [0.05, 0.1) is 22.9 Å². The Bertz CT molecular complexity index is 1360. The van der Waals surface area contributed by atoms with Crippen molar-refractivity contribution in [1.29, 1.82) is 10.7 Å². The van der Waals surface area contributed by atoms with Crippen LogP contribution in [0.1, 0.15) is 50.4 Å². The van der Waals surface area contributed by atoms with Crippen molar-refractivity contribution in [3.8, 4) is 6.07 Å². The number of rotatable bonds is 7. The number of hydrogen-bond donors (Lipinski definition) is 3. The van der Waals surface area contributed by atoms with Crippen molar-refractivity contribution in [3.63, 3.8) is 0 Å². The van der Waals surface area contributed by atoms with Crippen molar-refractivity contribution >= 4 is 23.3 Å². The number of nitriles is 1. The van der Waals surface area contributed by atoms with Crippen LogP contribution in [0, 0.1) is 23.7 Å². The first-order chi connectivity index (χ1) is 16.1. The fourth-order valence-electron chi connectivity index (χ4n) is 4.01. The first-order valence-electron chi connectivity index (χ1n) is 11.2. The maximum absolute atomic E-state index is 13.6. The predicted octanol–water partition coefficient (Wildman–Crippen LogP) is 3.61. The molecule has 0 saturated carbocycles. The van der Waals surface area contributed by atoms with Crippen LogP contribution in [0.5, 0.6) is 0 Å². The Hall–Kier alpha value is -3.96. The minimum Gasteiger partial charge on any atom is -0.354 e. The summed E-state index contributed by atoms with van der Waals surface area (Å²) < 4.78 is 2.73. The van der Waals surface area contributed by atoms with Gasteiger partial charge in [-0.25, -0.2) is 4.79 Å². The van der Waals surface area contributed by atoms with E-state index in [0.29, 0.717) is 33.9 Å². The lowest BCUT2D eigenvalue weighted by Gasteiger charge is -2.27. The van der Waals surface area contributed by atoms with Gasteiger partial charge in [-0.1, -0.05) is 12.2 Å². The largest absolute Gasteiger partial charge is 0.354 e. The third kappa shape index (κ3) is 4.70. The molecule has 1 aromatic heterocycles. The predicted molar refractivity (Wildman–Crippen MR) is 137 cm³/mol. The number of hydrogen-bond acceptors (Lipinski definition) is 6. The van der Waals surface area contributed by atoms with Gasteiger partial charge in [0, 0.05) is 40.9 Å². The maximum Gasteiger partial charge on any atom is 0.335 e. The molecule has 0 radical (unpaired) electrons. The van der Waals surface area contributed by atoms with E-state index in [9.17, 15) is 9.59 Å². The second-order valence-corrected chi connectivity index (χ2v) is 8.71. The molecule has 0 fully saturated rings. The average molecular weight is 459 g/mol. The minimum absolute atomic E-state index is 0.192. The summed E-state index contributed by atoms with van der Waals surface area (Å²) >= 11 is 0. The zero-order valence-electron chi connectivity index (χ0n) is 20.0. The summed E-state index contributed by atoms with van der Waals surface area (Å²) in [6.07, 6.45) is 8.68. The summed E-state index contributed by atoms with van der Waals surface area (Å²) in [6, 6.07) is 8.84. The molecule has 0 aliphatic heterocycles. The van der Waals surface area contributed by atoms with E-state index in [0.717, 1.165) is 19.1 Å². The van der Waals surface area contributed by atoms with Crippen molar-refractivity contribution in [2.24, 2.45) is 5.73 Å². The Morgan fingerprint density at radius 3 is 2.44 bits per heavy atom. The summed E-state index contributed by atoms with van der Waals surface area (Å²) in [4.78, 5) is 26.9. The number of nitrogens with one attached hydrogen (secondary N) is 2. The molecule has 0 bridgehead atoms. The van der Waals surface area contributed by atoms with E-state index in [-0.39, 0.29) is 12.1 Å². The normalized spacial score (nSPS) is 14.2. The van der Waals surface area contributed by atoms with Gasteiger partial charge in [0.1, 0.15) is 0 Å². The van der Waals surface area contributed by atoms with Crippen molar-refractivity contribution in [2.45, 2.75) is 52.6 Å². The minimum atomic E-state index is -0.961. The highest BCUT2D eigenvalue weighted by Gasteiger charge is 2.27. The van der Waals surface area contributed by atoms with Crippen LogP contribution in [0.3, 0.4) is 0 Å². The Morgan fingerprint density at radius 2 is 1.94 bits per heavy atom. The van der Waals surface area contributed by atoms with Gasteiger partial charge >= 0.3 is 5.69 Å². The molecule has 1 aliphatic rings. The molecule has 3 rings (SSSR count). The number of nitrogens with zero attached hydrogens (tertiary/aromatic N) is 3. The molecule has 1 aliphatic carbocycles. The Balaban J connectivity index is 2.40. The van der Waals surface area contributed by atoms with Gasteiger partial charge in [0.15, 0.2) is 0 Å². The molecule has 0 saturated heterocycles. The summed E-state index contributed by atoms with van der Waals surface area (Å²) in [5.41, 5.74) is 7.89. The van der Waals surface area contributed by atoms with Crippen molar-refractivity contribution in [2.75, 3.05) is 5.32 Å². The van der Waals surface area contributed by atoms with E-state index >= 15 is 0 Å². The zero-order valence-corrected chi connectivity index (χ0v) is 20.0. The third-order valence-corrected chi connectivity index (χ3v) is 5.77. The molecule has 1 heterocycles. The van der Waals surface area contributed by atoms with E-state index in [2.05, 4.69) is 11.4 Å². The lowest BCUT2D eigenvalue weighted by Crippen LogP contribution is -2.44. The first-order valence-corrected chi connectivity index (χ1v) is 11.2. The van der Waals surface area contributed by atoms with Crippen molar-refractivity contribution in [1.82, 2.24) is 9.13 Å². The SMILES string of the molecule is CCn1c(=O)c(/C(Nc2ccc(C#N)cc2)=C(/C=N)C(C)(C)N)c(C)n(C2=CCCC=C2)c1=O. The van der Waals surface area contributed by atoms with Crippen LogP contribution in [0.2, 0.25) is 0 Å².